The van der Waals surface area contributed by atoms with E-state index in [0.29, 0.717) is 6.42 Å². The first kappa shape index (κ1) is 19.8. The summed E-state index contributed by atoms with van der Waals surface area (Å²) in [5, 5.41) is 20.9. The third kappa shape index (κ3) is 3.67. The molecule has 1 unspecified atom stereocenters. The van der Waals surface area contributed by atoms with E-state index < -0.39 is 0 Å². The van der Waals surface area contributed by atoms with E-state index >= 15 is 0 Å². The Morgan fingerprint density at radius 1 is 0.938 bits per heavy atom. The van der Waals surface area contributed by atoms with Crippen LogP contribution in [0.4, 0.5) is 0 Å². The lowest BCUT2D eigenvalue weighted by Crippen LogP contribution is -2.24. The number of aromatic hydroxyl groups is 1. The van der Waals surface area contributed by atoms with E-state index in [4.69, 9.17) is 5.10 Å². The van der Waals surface area contributed by atoms with Crippen LogP contribution < -0.4 is 0 Å². The van der Waals surface area contributed by atoms with Crippen LogP contribution in [0.15, 0.2) is 96.2 Å². The molecule has 1 amide bonds. The summed E-state index contributed by atoms with van der Waals surface area (Å²) in [5.41, 5.74) is 5.22. The fraction of sp³-hybridized carbons (Fsp3) is 0.115. The first-order chi connectivity index (χ1) is 15.6. The Labute approximate surface area is 186 Å². The quantitative estimate of drug-likeness (QED) is 0.506. The summed E-state index contributed by atoms with van der Waals surface area (Å²) >= 11 is 0. The van der Waals surface area contributed by atoms with Crippen molar-refractivity contribution < 1.29 is 9.90 Å². The Hall–Kier alpha value is -4.19. The van der Waals surface area contributed by atoms with E-state index in [-0.39, 0.29) is 17.7 Å². The lowest BCUT2D eigenvalue weighted by Gasteiger charge is -2.20. The van der Waals surface area contributed by atoms with Gasteiger partial charge in [-0.1, -0.05) is 60.7 Å². The number of rotatable bonds is 4. The van der Waals surface area contributed by atoms with Gasteiger partial charge in [0.25, 0.3) is 0 Å². The normalized spacial score (nSPS) is 15.6. The fourth-order valence-electron chi connectivity index (χ4n) is 4.07. The van der Waals surface area contributed by atoms with Gasteiger partial charge in [-0.3, -0.25) is 4.79 Å². The van der Waals surface area contributed by atoms with Crippen LogP contribution in [-0.4, -0.2) is 31.5 Å². The van der Waals surface area contributed by atoms with Crippen LogP contribution >= 0.6 is 0 Å². The molecule has 1 aliphatic heterocycles. The van der Waals surface area contributed by atoms with Crippen LogP contribution in [0.25, 0.3) is 16.9 Å². The highest BCUT2D eigenvalue weighted by Crippen LogP contribution is 2.38. The molecule has 0 aliphatic carbocycles. The van der Waals surface area contributed by atoms with Crippen LogP contribution in [-0.2, 0) is 4.79 Å². The summed E-state index contributed by atoms with van der Waals surface area (Å²) in [4.78, 5) is 12.5. The van der Waals surface area contributed by atoms with Crippen molar-refractivity contribution in [3.63, 3.8) is 0 Å². The molecule has 2 heterocycles. The maximum atomic E-state index is 12.5. The number of para-hydroxylation sites is 1. The second-order valence-corrected chi connectivity index (χ2v) is 7.76. The largest absolute Gasteiger partial charge is 0.508 e. The van der Waals surface area contributed by atoms with Gasteiger partial charge in [-0.15, -0.1) is 0 Å². The van der Waals surface area contributed by atoms with Crippen molar-refractivity contribution in [1.82, 2.24) is 14.8 Å². The van der Waals surface area contributed by atoms with E-state index in [1.54, 1.807) is 18.2 Å². The van der Waals surface area contributed by atoms with Crippen LogP contribution in [0.1, 0.15) is 30.5 Å². The van der Waals surface area contributed by atoms with Crippen molar-refractivity contribution in [2.24, 2.45) is 5.10 Å². The Bertz CT molecular complexity index is 1300. The van der Waals surface area contributed by atoms with E-state index in [9.17, 15) is 9.90 Å². The highest BCUT2D eigenvalue weighted by Gasteiger charge is 2.34. The number of nitrogens with zero attached hydrogens (tertiary/aromatic N) is 4. The first-order valence-electron chi connectivity index (χ1n) is 10.5. The van der Waals surface area contributed by atoms with Crippen LogP contribution in [0.2, 0.25) is 0 Å². The summed E-state index contributed by atoms with van der Waals surface area (Å²) in [6, 6.07) is 26.5. The molecule has 0 spiro atoms. The molecule has 0 saturated heterocycles. The average molecular weight is 422 g/mol. The standard InChI is InChI=1S/C26H22N4O2/c1-18(31)30-25(16-24(27-30)20-11-8-14-22(32)15-20)23-17-29(21-12-6-3-7-13-21)28-26(23)19-9-4-2-5-10-19/h2-15,17,25,32H,16H2,1H3. The number of phenols is 1. The summed E-state index contributed by atoms with van der Waals surface area (Å²) in [6.45, 7) is 1.52. The Kier molecular flexibility index (Phi) is 5.03. The Morgan fingerprint density at radius 3 is 2.31 bits per heavy atom. The molecule has 32 heavy (non-hydrogen) atoms. The molecule has 1 aromatic heterocycles. The van der Waals surface area contributed by atoms with Crippen LogP contribution in [0.5, 0.6) is 5.75 Å². The monoisotopic (exact) mass is 422 g/mol. The first-order valence-corrected chi connectivity index (χ1v) is 10.5. The third-order valence-electron chi connectivity index (χ3n) is 5.58. The Morgan fingerprint density at radius 2 is 1.62 bits per heavy atom. The second-order valence-electron chi connectivity index (χ2n) is 7.76. The Balaban J connectivity index is 1.61. The predicted octanol–water partition coefficient (Wildman–Crippen LogP) is 4.94. The van der Waals surface area contributed by atoms with E-state index in [1.165, 1.54) is 11.9 Å². The zero-order valence-corrected chi connectivity index (χ0v) is 17.6. The molecular formula is C26H22N4O2. The lowest BCUT2D eigenvalue weighted by molar-refractivity contribution is -0.130. The molecule has 6 nitrogen and oxygen atoms in total. The van der Waals surface area contributed by atoms with Gasteiger partial charge in [0.2, 0.25) is 5.91 Å². The molecule has 6 heteroatoms. The molecule has 0 bridgehead atoms. The van der Waals surface area contributed by atoms with Gasteiger partial charge in [-0.25, -0.2) is 9.69 Å². The molecule has 0 radical (unpaired) electrons. The number of hydrazone groups is 1. The van der Waals surface area contributed by atoms with Gasteiger partial charge in [0.1, 0.15) is 5.75 Å². The molecule has 1 N–H and O–H groups in total. The number of hydrogen-bond acceptors (Lipinski definition) is 4. The zero-order chi connectivity index (χ0) is 22.1. The van der Waals surface area contributed by atoms with Crippen molar-refractivity contribution in [3.8, 4) is 22.7 Å². The molecule has 5 rings (SSSR count). The number of amides is 1. The highest BCUT2D eigenvalue weighted by molar-refractivity contribution is 6.03. The van der Waals surface area contributed by atoms with Gasteiger partial charge < -0.3 is 5.11 Å². The fourth-order valence-corrected chi connectivity index (χ4v) is 4.07. The number of benzene rings is 3. The number of hydrogen-bond donors (Lipinski definition) is 1. The number of carbonyl (C=O) groups excluding carboxylic acids is 1. The maximum absolute atomic E-state index is 12.5. The summed E-state index contributed by atoms with van der Waals surface area (Å²) in [7, 11) is 0. The van der Waals surface area contributed by atoms with Gasteiger partial charge in [-0.05, 0) is 24.3 Å². The molecular weight excluding hydrogens is 400 g/mol. The van der Waals surface area contributed by atoms with Gasteiger partial charge in [-0.2, -0.15) is 10.2 Å². The van der Waals surface area contributed by atoms with Crippen molar-refractivity contribution in [3.05, 3.63) is 102 Å². The topological polar surface area (TPSA) is 70.7 Å². The second kappa shape index (κ2) is 8.15. The van der Waals surface area contributed by atoms with E-state index in [0.717, 1.165) is 33.8 Å². The zero-order valence-electron chi connectivity index (χ0n) is 17.6. The van der Waals surface area contributed by atoms with Gasteiger partial charge >= 0.3 is 0 Å². The van der Waals surface area contributed by atoms with Crippen molar-refractivity contribution in [2.45, 2.75) is 19.4 Å². The number of carbonyl (C=O) groups is 1. The summed E-state index contributed by atoms with van der Waals surface area (Å²) in [6.07, 6.45) is 2.52. The third-order valence-corrected chi connectivity index (χ3v) is 5.58. The average Bonchev–Trinajstić information content (AvgIpc) is 3.45. The smallest absolute Gasteiger partial charge is 0.240 e. The van der Waals surface area contributed by atoms with Gasteiger partial charge in [0, 0.05) is 36.2 Å². The molecule has 4 aromatic rings. The molecule has 3 aromatic carbocycles. The molecule has 1 atom stereocenters. The minimum atomic E-state index is -0.294. The van der Waals surface area contributed by atoms with Crippen molar-refractivity contribution in [2.75, 3.05) is 0 Å². The summed E-state index contributed by atoms with van der Waals surface area (Å²) in [5.74, 6) is 0.0292. The van der Waals surface area contributed by atoms with Gasteiger partial charge in [0.15, 0.2) is 0 Å². The predicted molar refractivity (Wildman–Crippen MR) is 124 cm³/mol. The van der Waals surface area contributed by atoms with Crippen LogP contribution in [0, 0.1) is 0 Å². The molecule has 0 saturated carbocycles. The van der Waals surface area contributed by atoms with Crippen LogP contribution in [0.3, 0.4) is 0 Å². The molecule has 1 aliphatic rings. The van der Waals surface area contributed by atoms with Crippen molar-refractivity contribution in [1.29, 1.82) is 0 Å². The van der Waals surface area contributed by atoms with Crippen molar-refractivity contribution >= 4 is 11.6 Å². The maximum Gasteiger partial charge on any atom is 0.240 e. The minimum absolute atomic E-state index is 0.142. The van der Waals surface area contributed by atoms with Gasteiger partial charge in [0.05, 0.1) is 23.1 Å². The van der Waals surface area contributed by atoms with E-state index in [2.05, 4.69) is 5.10 Å². The van der Waals surface area contributed by atoms with E-state index in [1.807, 2.05) is 77.6 Å². The molecule has 158 valence electrons. The minimum Gasteiger partial charge on any atom is -0.508 e. The SMILES string of the molecule is CC(=O)N1N=C(c2cccc(O)c2)CC1c1cn(-c2ccccc2)nc1-c1ccccc1. The number of phenolic OH excluding ortho intramolecular Hbond substituents is 1. The number of aromatic nitrogens is 2. The summed E-state index contributed by atoms with van der Waals surface area (Å²) < 4.78 is 1.85. The lowest BCUT2D eigenvalue weighted by atomic mass is 9.96. The highest BCUT2D eigenvalue weighted by atomic mass is 16.3. The molecule has 0 fully saturated rings.